The van der Waals surface area contributed by atoms with Crippen LogP contribution < -0.4 is 0 Å². The minimum atomic E-state index is 0.648. The molecule has 19 heavy (non-hydrogen) atoms. The lowest BCUT2D eigenvalue weighted by Crippen LogP contribution is -1.83. The van der Waals surface area contributed by atoms with Crippen molar-refractivity contribution in [3.8, 4) is 11.1 Å². The van der Waals surface area contributed by atoms with Gasteiger partial charge in [-0.15, -0.1) is 0 Å². The van der Waals surface area contributed by atoms with Gasteiger partial charge in [0.25, 0.3) is 0 Å². The normalized spacial score (nSPS) is 10.9. The van der Waals surface area contributed by atoms with Crippen LogP contribution in [0.4, 0.5) is 0 Å². The van der Waals surface area contributed by atoms with Gasteiger partial charge in [0.1, 0.15) is 0 Å². The molecule has 0 heterocycles. The molecule has 0 saturated carbocycles. The van der Waals surface area contributed by atoms with Gasteiger partial charge in [-0.1, -0.05) is 69.5 Å². The van der Waals surface area contributed by atoms with Crippen molar-refractivity contribution in [2.45, 2.75) is 0 Å². The Hall–Kier alpha value is -1.02. The highest BCUT2D eigenvalue weighted by molar-refractivity contribution is 9.10. The molecule has 3 aromatic carbocycles. The monoisotopic (exact) mass is 350 g/mol. The molecule has 0 nitrogen and oxygen atoms in total. The predicted molar refractivity (Wildman–Crippen MR) is 87.1 cm³/mol. The lowest BCUT2D eigenvalue weighted by Gasteiger charge is -2.09. The van der Waals surface area contributed by atoms with Crippen molar-refractivity contribution in [3.63, 3.8) is 0 Å². The summed E-state index contributed by atoms with van der Waals surface area (Å²) in [6.45, 7) is 0. The molecule has 3 heteroatoms. The van der Waals surface area contributed by atoms with E-state index in [0.717, 1.165) is 15.6 Å². The molecule has 0 amide bonds. The fourth-order valence-electron chi connectivity index (χ4n) is 2.23. The summed E-state index contributed by atoms with van der Waals surface area (Å²) in [6, 6.07) is 18.0. The zero-order valence-electron chi connectivity index (χ0n) is 9.83. The Labute approximate surface area is 130 Å². The Morgan fingerprint density at radius 1 is 0.737 bits per heavy atom. The molecule has 0 N–H and O–H groups in total. The zero-order valence-corrected chi connectivity index (χ0v) is 12.9. The van der Waals surface area contributed by atoms with Crippen molar-refractivity contribution in [2.24, 2.45) is 0 Å². The van der Waals surface area contributed by atoms with Gasteiger partial charge in [-0.05, 0) is 46.2 Å². The molecular weight excluding hydrogens is 343 g/mol. The minimum Gasteiger partial charge on any atom is -0.0843 e. The number of rotatable bonds is 1. The maximum atomic E-state index is 6.09. The van der Waals surface area contributed by atoms with E-state index in [1.54, 1.807) is 6.07 Å². The fraction of sp³-hybridized carbons (Fsp3) is 0. The minimum absolute atomic E-state index is 0.648. The molecule has 3 aromatic rings. The molecule has 3 rings (SSSR count). The largest absolute Gasteiger partial charge is 0.0843 e. The highest BCUT2D eigenvalue weighted by atomic mass is 79.9. The summed E-state index contributed by atoms with van der Waals surface area (Å²) in [5.74, 6) is 0. The molecule has 0 bridgehead atoms. The van der Waals surface area contributed by atoms with Gasteiger partial charge in [0.15, 0.2) is 0 Å². The van der Waals surface area contributed by atoms with Crippen molar-refractivity contribution < 1.29 is 0 Å². The van der Waals surface area contributed by atoms with Gasteiger partial charge in [0.05, 0.1) is 0 Å². The first-order chi connectivity index (χ1) is 9.15. The molecule has 94 valence electrons. The third-order valence-electron chi connectivity index (χ3n) is 3.04. The number of hydrogen-bond donors (Lipinski definition) is 0. The van der Waals surface area contributed by atoms with E-state index in [-0.39, 0.29) is 0 Å². The van der Waals surface area contributed by atoms with Crippen LogP contribution in [0.1, 0.15) is 0 Å². The fourth-order valence-corrected chi connectivity index (χ4v) is 3.26. The molecule has 0 radical (unpaired) electrons. The van der Waals surface area contributed by atoms with E-state index < -0.39 is 0 Å². The van der Waals surface area contributed by atoms with Crippen LogP contribution in [-0.2, 0) is 0 Å². The molecule has 0 spiro atoms. The highest BCUT2D eigenvalue weighted by Gasteiger charge is 2.07. The number of hydrogen-bond acceptors (Lipinski definition) is 0. The molecule has 0 aromatic heterocycles. The standard InChI is InChI=1S/C16H9BrCl2/c17-16-6-2-4-14-13(3-1-5-15(14)16)10-7-11(18)9-12(19)8-10/h1-9H. The maximum absolute atomic E-state index is 6.09. The third-order valence-corrected chi connectivity index (χ3v) is 4.17. The Bertz CT molecular complexity index is 746. The van der Waals surface area contributed by atoms with Crippen LogP contribution in [0.3, 0.4) is 0 Å². The second kappa shape index (κ2) is 5.16. The Morgan fingerprint density at radius 2 is 1.37 bits per heavy atom. The van der Waals surface area contributed by atoms with E-state index in [0.29, 0.717) is 10.0 Å². The maximum Gasteiger partial charge on any atom is 0.0426 e. The van der Waals surface area contributed by atoms with Gasteiger partial charge in [-0.25, -0.2) is 0 Å². The van der Waals surface area contributed by atoms with Crippen molar-refractivity contribution in [2.75, 3.05) is 0 Å². The van der Waals surface area contributed by atoms with Crippen LogP contribution in [-0.4, -0.2) is 0 Å². The quantitative estimate of drug-likeness (QED) is 0.464. The van der Waals surface area contributed by atoms with Gasteiger partial charge < -0.3 is 0 Å². The molecule has 0 aliphatic carbocycles. The van der Waals surface area contributed by atoms with E-state index in [1.165, 1.54) is 10.8 Å². The van der Waals surface area contributed by atoms with E-state index >= 15 is 0 Å². The van der Waals surface area contributed by atoms with Gasteiger partial charge in [0.2, 0.25) is 0 Å². The van der Waals surface area contributed by atoms with Crippen molar-refractivity contribution in [1.29, 1.82) is 0 Å². The first-order valence-electron chi connectivity index (χ1n) is 5.79. The zero-order chi connectivity index (χ0) is 13.4. The summed E-state index contributed by atoms with van der Waals surface area (Å²) in [4.78, 5) is 0. The number of halogens is 3. The Kier molecular flexibility index (Phi) is 3.53. The summed E-state index contributed by atoms with van der Waals surface area (Å²) in [5, 5.41) is 3.65. The van der Waals surface area contributed by atoms with Crippen LogP contribution in [0.5, 0.6) is 0 Å². The molecule has 0 aliphatic rings. The van der Waals surface area contributed by atoms with E-state index in [4.69, 9.17) is 23.2 Å². The SMILES string of the molecule is Clc1cc(Cl)cc(-c2cccc3c(Br)cccc23)c1. The molecule has 0 saturated heterocycles. The molecule has 0 fully saturated rings. The summed E-state index contributed by atoms with van der Waals surface area (Å²) < 4.78 is 1.08. The van der Waals surface area contributed by atoms with Crippen molar-refractivity contribution >= 4 is 49.9 Å². The molecular formula is C16H9BrCl2. The smallest absolute Gasteiger partial charge is 0.0426 e. The van der Waals surface area contributed by atoms with Crippen LogP contribution in [0.2, 0.25) is 10.0 Å². The first-order valence-corrected chi connectivity index (χ1v) is 7.34. The topological polar surface area (TPSA) is 0 Å². The van der Waals surface area contributed by atoms with Crippen LogP contribution in [0.25, 0.3) is 21.9 Å². The molecule has 0 aliphatic heterocycles. The summed E-state index contributed by atoms with van der Waals surface area (Å²) in [5.41, 5.74) is 2.16. The third kappa shape index (κ3) is 2.51. The second-order valence-corrected chi connectivity index (χ2v) is 6.03. The second-order valence-electron chi connectivity index (χ2n) is 4.30. The van der Waals surface area contributed by atoms with Crippen molar-refractivity contribution in [3.05, 3.63) is 69.1 Å². The van der Waals surface area contributed by atoms with Gasteiger partial charge in [-0.3, -0.25) is 0 Å². The Morgan fingerprint density at radius 3 is 2.11 bits per heavy atom. The van der Waals surface area contributed by atoms with E-state index in [1.807, 2.05) is 30.3 Å². The summed E-state index contributed by atoms with van der Waals surface area (Å²) in [6.07, 6.45) is 0. The van der Waals surface area contributed by atoms with Crippen LogP contribution >= 0.6 is 39.1 Å². The highest BCUT2D eigenvalue weighted by Crippen LogP contribution is 2.34. The van der Waals surface area contributed by atoms with Gasteiger partial charge >= 0.3 is 0 Å². The van der Waals surface area contributed by atoms with Gasteiger partial charge in [0, 0.05) is 14.5 Å². The van der Waals surface area contributed by atoms with Gasteiger partial charge in [-0.2, -0.15) is 0 Å². The molecule has 0 atom stereocenters. The lowest BCUT2D eigenvalue weighted by atomic mass is 9.98. The Balaban J connectivity index is 2.33. The van der Waals surface area contributed by atoms with Crippen LogP contribution in [0.15, 0.2) is 59.1 Å². The number of benzene rings is 3. The average Bonchev–Trinajstić information content (AvgIpc) is 2.37. The summed E-state index contributed by atoms with van der Waals surface area (Å²) in [7, 11) is 0. The predicted octanol–water partition coefficient (Wildman–Crippen LogP) is 6.58. The average molecular weight is 352 g/mol. The van der Waals surface area contributed by atoms with E-state index in [2.05, 4.69) is 34.1 Å². The van der Waals surface area contributed by atoms with Crippen molar-refractivity contribution in [1.82, 2.24) is 0 Å². The number of fused-ring (bicyclic) bond motifs is 1. The van der Waals surface area contributed by atoms with E-state index in [9.17, 15) is 0 Å². The lowest BCUT2D eigenvalue weighted by molar-refractivity contribution is 1.64. The van der Waals surface area contributed by atoms with Crippen LogP contribution in [0, 0.1) is 0 Å². The first kappa shape index (κ1) is 13.0. The molecule has 0 unspecified atom stereocenters. The summed E-state index contributed by atoms with van der Waals surface area (Å²) >= 11 is 15.8.